The molecule has 8 N–H and O–H groups in total. The van der Waals surface area contributed by atoms with E-state index in [0.29, 0.717) is 93.1 Å². The Kier molecular flexibility index (Phi) is 20.0. The number of methoxy groups -OCH3 is 1. The summed E-state index contributed by atoms with van der Waals surface area (Å²) in [7, 11) is 4.62. The number of anilines is 1. The van der Waals surface area contributed by atoms with Crippen LogP contribution in [0.4, 0.5) is 10.2 Å². The summed E-state index contributed by atoms with van der Waals surface area (Å²) < 4.78 is 40.7. The number of nitrogens with one attached hydrogen (secondary N) is 3. The highest BCUT2D eigenvalue weighted by molar-refractivity contribution is 7.13. The third kappa shape index (κ3) is 12.8. The molecule has 1 amide bonds. The Bertz CT molecular complexity index is 3290. The van der Waals surface area contributed by atoms with Crippen LogP contribution in [-0.4, -0.2) is 137 Å². The van der Waals surface area contributed by atoms with Crippen LogP contribution < -0.4 is 41.3 Å². The quantitative estimate of drug-likeness (QED) is 0.0304. The number of nitrogens with zero attached hydrogens (tertiary/aromatic N) is 7. The summed E-state index contributed by atoms with van der Waals surface area (Å²) in [6, 6.07) is 17.7. The monoisotopic (exact) mass is 1130 g/mol. The summed E-state index contributed by atoms with van der Waals surface area (Å²) in [4.78, 5) is 42.9. The molecule has 22 heteroatoms. The number of aliphatic hydroxyl groups excluding tert-OH is 1. The SMILES string of the molecule is CCC.CO.COCC(C)Oc1nc2c3c(c(Cl)c(-c4c(C)c(F)cc5[nH]ncc45)c(OCc4ccc(/C(N)=C/N(N)CC=O)cc4)c3n1)OCC1C3C[C@H](CN3)N21.Cc1ncsc1-c1ccc(CNC(=O)C2CCCN2C)cc1. The number of nitrogens with two attached hydrogens (primary N) is 2. The maximum Gasteiger partial charge on any atom is 0.319 e. The van der Waals surface area contributed by atoms with Gasteiger partial charge in [-0.05, 0) is 87.5 Å². The van der Waals surface area contributed by atoms with Crippen molar-refractivity contribution in [2.45, 2.75) is 104 Å². The number of ether oxygens (including phenoxy) is 4. The van der Waals surface area contributed by atoms with Gasteiger partial charge in [0.25, 0.3) is 0 Å². The summed E-state index contributed by atoms with van der Waals surface area (Å²) in [5, 5.41) is 23.5. The van der Waals surface area contributed by atoms with Crippen molar-refractivity contribution in [3.63, 3.8) is 0 Å². The van der Waals surface area contributed by atoms with E-state index in [2.05, 4.69) is 73.7 Å². The van der Waals surface area contributed by atoms with E-state index in [4.69, 9.17) is 57.2 Å². The number of likely N-dealkylation sites (tertiary alicyclic amines) is 1. The molecule has 3 aromatic heterocycles. The summed E-state index contributed by atoms with van der Waals surface area (Å²) in [6.45, 7) is 13.0. The number of H-pyrrole nitrogens is 1. The second-order valence-electron chi connectivity index (χ2n) is 20.1. The minimum absolute atomic E-state index is 0.00504. The van der Waals surface area contributed by atoms with Crippen LogP contribution in [0.2, 0.25) is 5.02 Å². The van der Waals surface area contributed by atoms with Crippen LogP contribution in [0.25, 0.3) is 49.1 Å². The third-order valence-corrected chi connectivity index (χ3v) is 15.7. The highest BCUT2D eigenvalue weighted by Crippen LogP contribution is 2.55. The molecule has 19 nitrogen and oxygen atoms in total. The fourth-order valence-electron chi connectivity index (χ4n) is 10.6. The number of aromatic nitrogens is 5. The minimum atomic E-state index is -0.444. The number of piperazine rings is 1. The highest BCUT2D eigenvalue weighted by atomic mass is 35.5. The number of likely N-dealkylation sites (N-methyl/N-ethyl adjacent to an activating group) is 1. The van der Waals surface area contributed by atoms with Gasteiger partial charge in [0.15, 0.2) is 11.5 Å². The molecule has 426 valence electrons. The van der Waals surface area contributed by atoms with Gasteiger partial charge in [-0.3, -0.25) is 14.8 Å². The van der Waals surface area contributed by atoms with Crippen LogP contribution >= 0.6 is 22.9 Å². The van der Waals surface area contributed by atoms with Crippen molar-refractivity contribution in [1.29, 1.82) is 0 Å². The fourth-order valence-corrected chi connectivity index (χ4v) is 11.7. The number of aliphatic hydroxyl groups is 1. The van der Waals surface area contributed by atoms with Crippen LogP contribution in [0.15, 0.2) is 72.5 Å². The van der Waals surface area contributed by atoms with Gasteiger partial charge in [-0.1, -0.05) is 80.4 Å². The maximum absolute atomic E-state index is 15.7. The fraction of sp³-hybridized carbons (Fsp3) is 0.414. The molecule has 3 saturated heterocycles. The molecule has 7 heterocycles. The molecule has 4 aromatic carbocycles. The van der Waals surface area contributed by atoms with Gasteiger partial charge in [-0.2, -0.15) is 15.1 Å². The molecule has 4 aliphatic heterocycles. The second kappa shape index (κ2) is 27.0. The Labute approximate surface area is 474 Å². The third-order valence-electron chi connectivity index (χ3n) is 14.4. The zero-order valence-corrected chi connectivity index (χ0v) is 48.1. The molecule has 3 fully saturated rings. The number of benzene rings is 4. The van der Waals surface area contributed by atoms with Gasteiger partial charge in [-0.25, -0.2) is 15.2 Å². The molecule has 80 heavy (non-hydrogen) atoms. The van der Waals surface area contributed by atoms with E-state index in [1.54, 1.807) is 31.6 Å². The van der Waals surface area contributed by atoms with Crippen LogP contribution in [0.3, 0.4) is 0 Å². The van der Waals surface area contributed by atoms with Crippen LogP contribution in [0, 0.1) is 19.7 Å². The predicted molar refractivity (Wildman–Crippen MR) is 312 cm³/mol. The van der Waals surface area contributed by atoms with Crippen molar-refractivity contribution in [3.8, 4) is 39.1 Å². The number of aldehydes is 1. The van der Waals surface area contributed by atoms with E-state index in [1.165, 1.54) is 34.1 Å². The molecule has 2 bridgehead atoms. The highest BCUT2D eigenvalue weighted by Gasteiger charge is 2.49. The first-order valence-corrected chi connectivity index (χ1v) is 28.0. The normalized spacial score (nSPS) is 18.4. The van der Waals surface area contributed by atoms with E-state index >= 15 is 4.39 Å². The number of hydrogen-bond acceptors (Lipinski definition) is 18. The van der Waals surface area contributed by atoms with Gasteiger partial charge in [0.05, 0.1) is 69.1 Å². The standard InChI is InChI=1S/C37H39ClFN9O5.C17H21N3OS.C3H8.CH4O/c1-18(15-50-3)53-37-44-33-31-34(52-17-28-27-10-22(12-42-27)48(28)36(31)45-37)32(38)30(29-19(2)24(39)11-26-23(29)13-43-46-26)35(33)51-16-20-4-6-21(7-5-20)25(40)14-47(41)8-9-49;1-12-16(22-11-19-12)14-7-5-13(6-8-14)10-18-17(21)15-4-3-9-20(15)2;1-3-2;1-2/h4-7,9,11,13-14,18,22,27-28,42H,8,10,12,15-17,40-41H2,1-3H3,(H,43,46);5-8,11,15H,3-4,9-10H2,1-2H3,(H,18,21);3H2,1-2H3;2H,1H3/b25-14-;;;/t18?,22-,27?,28?;;;/m1.../s1. The zero-order valence-electron chi connectivity index (χ0n) is 46.5. The van der Waals surface area contributed by atoms with Crippen molar-refractivity contribution in [1.82, 2.24) is 45.7 Å². The molecule has 0 saturated carbocycles. The summed E-state index contributed by atoms with van der Waals surface area (Å²) >= 11 is 9.12. The van der Waals surface area contributed by atoms with Crippen molar-refractivity contribution in [3.05, 3.63) is 111 Å². The number of carbonyl (C=O) groups excluding carboxylic acids is 2. The molecule has 4 unspecified atom stereocenters. The molecule has 0 aliphatic carbocycles. The Hall–Kier alpha value is -6.98. The van der Waals surface area contributed by atoms with E-state index in [-0.39, 0.29) is 60.4 Å². The van der Waals surface area contributed by atoms with Gasteiger partial charge >= 0.3 is 6.01 Å². The summed E-state index contributed by atoms with van der Waals surface area (Å²) in [5.74, 6) is 6.85. The lowest BCUT2D eigenvalue weighted by Crippen LogP contribution is -2.53. The first-order valence-electron chi connectivity index (χ1n) is 26.8. The molecular formula is C58H72ClFN12O7S. The molecular weight excluding hydrogens is 1060 g/mol. The van der Waals surface area contributed by atoms with Crippen LogP contribution in [0.1, 0.15) is 74.4 Å². The number of halogens is 2. The number of thiazole rings is 1. The summed E-state index contributed by atoms with van der Waals surface area (Å²) in [5.41, 5.74) is 15.5. The lowest BCUT2D eigenvalue weighted by Gasteiger charge is -2.35. The first kappa shape index (κ1) is 59.1. The average Bonchev–Trinajstić information content (AvgIpc) is 4.44. The lowest BCUT2D eigenvalue weighted by molar-refractivity contribution is -0.125. The lowest BCUT2D eigenvalue weighted by atomic mass is 9.93. The summed E-state index contributed by atoms with van der Waals surface area (Å²) in [6.07, 6.45) is 7.72. The van der Waals surface area contributed by atoms with Crippen molar-refractivity contribution in [2.24, 2.45) is 11.6 Å². The van der Waals surface area contributed by atoms with E-state index < -0.39 is 5.82 Å². The predicted octanol–water partition coefficient (Wildman–Crippen LogP) is 8.06. The smallest absolute Gasteiger partial charge is 0.319 e. The minimum Gasteiger partial charge on any atom is -0.489 e. The van der Waals surface area contributed by atoms with E-state index in [9.17, 15) is 9.59 Å². The Morgan fingerprint density at radius 2 is 1.85 bits per heavy atom. The largest absolute Gasteiger partial charge is 0.489 e. The van der Waals surface area contributed by atoms with Gasteiger partial charge < -0.3 is 55.1 Å². The molecule has 7 aromatic rings. The average molecular weight is 1140 g/mol. The van der Waals surface area contributed by atoms with Crippen LogP contribution in [-0.2, 0) is 27.5 Å². The number of aryl methyl sites for hydroxylation is 1. The molecule has 4 aliphatic rings. The topological polar surface area (TPSA) is 244 Å². The molecule has 11 rings (SSSR count). The second-order valence-corrected chi connectivity index (χ2v) is 21.4. The van der Waals surface area contributed by atoms with E-state index in [1.807, 2.05) is 50.7 Å². The number of rotatable bonds is 16. The van der Waals surface area contributed by atoms with Gasteiger partial charge in [0.2, 0.25) is 5.91 Å². The Morgan fingerprint density at radius 3 is 2.52 bits per heavy atom. The molecule has 0 spiro atoms. The van der Waals surface area contributed by atoms with Crippen LogP contribution in [0.5, 0.6) is 17.5 Å². The number of fused-ring (bicyclic) bond motifs is 7. The number of amides is 1. The Balaban J connectivity index is 0.000000259. The zero-order chi connectivity index (χ0) is 57.2. The number of carbonyl (C=O) groups is 2. The number of hydrogen-bond donors (Lipinski definition) is 6. The first-order chi connectivity index (χ1) is 38.7. The van der Waals surface area contributed by atoms with Crippen molar-refractivity contribution < 1.29 is 38.0 Å². The maximum atomic E-state index is 15.7. The number of hydrazine groups is 1. The Morgan fingerprint density at radius 1 is 1.11 bits per heavy atom. The van der Waals surface area contributed by atoms with Crippen molar-refractivity contribution >= 4 is 68.5 Å². The van der Waals surface area contributed by atoms with Gasteiger partial charge in [0, 0.05) is 62.1 Å². The number of aromatic amines is 1. The molecule has 5 atom stereocenters. The van der Waals surface area contributed by atoms with Gasteiger partial charge in [0.1, 0.15) is 42.8 Å². The van der Waals surface area contributed by atoms with Crippen molar-refractivity contribution in [2.75, 3.05) is 59.0 Å². The molecule has 0 radical (unpaired) electrons. The van der Waals surface area contributed by atoms with E-state index in [0.717, 1.165) is 56.3 Å². The van der Waals surface area contributed by atoms with Gasteiger partial charge in [-0.15, -0.1) is 11.3 Å².